The van der Waals surface area contributed by atoms with Crippen molar-refractivity contribution >= 4 is 39.1 Å². The molecule has 2 rings (SSSR count). The lowest BCUT2D eigenvalue weighted by Crippen LogP contribution is -2.23. The number of hydrogen-bond donors (Lipinski definition) is 1. The summed E-state index contributed by atoms with van der Waals surface area (Å²) in [5.41, 5.74) is 2.29. The van der Waals surface area contributed by atoms with E-state index in [1.807, 2.05) is 30.3 Å². The second-order valence-corrected chi connectivity index (χ2v) is 6.37. The van der Waals surface area contributed by atoms with Gasteiger partial charge in [-0.25, -0.2) is 0 Å². The number of nitrogens with one attached hydrogen (secondary N) is 1. The van der Waals surface area contributed by atoms with Gasteiger partial charge in [-0.2, -0.15) is 0 Å². The topological polar surface area (TPSA) is 12.0 Å². The Balaban J connectivity index is 2.29. The Kier molecular flexibility index (Phi) is 5.91. The van der Waals surface area contributed by atoms with E-state index in [2.05, 4.69) is 40.3 Å². The standard InChI is InChI=1S/C16H16BrCl2N/c1-2-20-16(9-11-4-3-5-12(17)8-11)14-10-13(18)6-7-15(14)19/h3-8,10,16,20H,2,9H2,1H3. The van der Waals surface area contributed by atoms with Gasteiger partial charge >= 0.3 is 0 Å². The average molecular weight is 373 g/mol. The van der Waals surface area contributed by atoms with Gasteiger partial charge in [0.2, 0.25) is 0 Å². The fourth-order valence-corrected chi connectivity index (χ4v) is 3.10. The van der Waals surface area contributed by atoms with Crippen LogP contribution in [0.15, 0.2) is 46.9 Å². The van der Waals surface area contributed by atoms with Crippen molar-refractivity contribution in [3.63, 3.8) is 0 Å². The first kappa shape index (κ1) is 15.8. The van der Waals surface area contributed by atoms with Crippen LogP contribution in [0.25, 0.3) is 0 Å². The third-order valence-corrected chi connectivity index (χ3v) is 4.19. The summed E-state index contributed by atoms with van der Waals surface area (Å²) in [7, 11) is 0. The zero-order chi connectivity index (χ0) is 14.5. The Labute approximate surface area is 138 Å². The first-order valence-corrected chi connectivity index (χ1v) is 8.08. The maximum atomic E-state index is 6.32. The number of hydrogen-bond acceptors (Lipinski definition) is 1. The molecule has 0 aliphatic carbocycles. The van der Waals surface area contributed by atoms with E-state index in [0.29, 0.717) is 5.02 Å². The Morgan fingerprint density at radius 3 is 2.65 bits per heavy atom. The van der Waals surface area contributed by atoms with E-state index in [1.54, 1.807) is 0 Å². The van der Waals surface area contributed by atoms with Gasteiger partial charge in [0.05, 0.1) is 0 Å². The van der Waals surface area contributed by atoms with E-state index >= 15 is 0 Å². The zero-order valence-corrected chi connectivity index (χ0v) is 14.3. The molecule has 0 saturated heterocycles. The van der Waals surface area contributed by atoms with Crippen molar-refractivity contribution in [2.24, 2.45) is 0 Å². The second-order valence-electron chi connectivity index (χ2n) is 4.61. The van der Waals surface area contributed by atoms with Crippen LogP contribution in [0.3, 0.4) is 0 Å². The number of halogens is 3. The summed E-state index contributed by atoms with van der Waals surface area (Å²) in [6.07, 6.45) is 0.868. The van der Waals surface area contributed by atoms with Crippen molar-refractivity contribution in [1.29, 1.82) is 0 Å². The lowest BCUT2D eigenvalue weighted by atomic mass is 9.99. The minimum Gasteiger partial charge on any atom is -0.310 e. The molecule has 0 heterocycles. The third-order valence-electron chi connectivity index (χ3n) is 3.11. The maximum Gasteiger partial charge on any atom is 0.0454 e. The van der Waals surface area contributed by atoms with Crippen LogP contribution in [0.5, 0.6) is 0 Å². The molecule has 0 amide bonds. The molecule has 0 aliphatic rings. The van der Waals surface area contributed by atoms with Gasteiger partial charge in [0.1, 0.15) is 0 Å². The summed E-state index contributed by atoms with van der Waals surface area (Å²) >= 11 is 15.9. The van der Waals surface area contributed by atoms with Crippen molar-refractivity contribution in [2.45, 2.75) is 19.4 Å². The molecule has 0 aromatic heterocycles. The molecule has 0 bridgehead atoms. The molecule has 1 unspecified atom stereocenters. The van der Waals surface area contributed by atoms with Crippen LogP contribution in [0.2, 0.25) is 10.0 Å². The van der Waals surface area contributed by atoms with Gasteiger partial charge in [-0.1, -0.05) is 58.2 Å². The molecule has 106 valence electrons. The number of benzene rings is 2. The van der Waals surface area contributed by atoms with Gasteiger partial charge in [0.15, 0.2) is 0 Å². The van der Waals surface area contributed by atoms with E-state index in [4.69, 9.17) is 23.2 Å². The van der Waals surface area contributed by atoms with Crippen LogP contribution in [0.4, 0.5) is 0 Å². The molecule has 0 fully saturated rings. The predicted molar refractivity (Wildman–Crippen MR) is 90.7 cm³/mol. The minimum atomic E-state index is 0.153. The summed E-state index contributed by atoms with van der Waals surface area (Å²) in [5.74, 6) is 0. The van der Waals surface area contributed by atoms with Crippen LogP contribution in [-0.4, -0.2) is 6.54 Å². The molecule has 1 nitrogen and oxygen atoms in total. The van der Waals surface area contributed by atoms with E-state index in [9.17, 15) is 0 Å². The van der Waals surface area contributed by atoms with Crippen LogP contribution in [0.1, 0.15) is 24.1 Å². The lowest BCUT2D eigenvalue weighted by molar-refractivity contribution is 0.550. The molecular weight excluding hydrogens is 357 g/mol. The minimum absolute atomic E-state index is 0.153. The summed E-state index contributed by atoms with van der Waals surface area (Å²) < 4.78 is 1.09. The van der Waals surface area contributed by atoms with Gasteiger partial charge in [-0.15, -0.1) is 0 Å². The Bertz CT molecular complexity index is 586. The molecule has 1 N–H and O–H groups in total. The summed E-state index contributed by atoms with van der Waals surface area (Å²) in [6.45, 7) is 2.97. The molecule has 2 aromatic rings. The maximum absolute atomic E-state index is 6.32. The van der Waals surface area contributed by atoms with Crippen molar-refractivity contribution in [3.05, 3.63) is 68.1 Å². The van der Waals surface area contributed by atoms with Gasteiger partial charge in [-0.05, 0) is 54.4 Å². The summed E-state index contributed by atoms with van der Waals surface area (Å²) in [6, 6.07) is 14.1. The quantitative estimate of drug-likeness (QED) is 0.714. The normalized spacial score (nSPS) is 12.4. The monoisotopic (exact) mass is 371 g/mol. The summed E-state index contributed by atoms with van der Waals surface area (Å²) in [5, 5.41) is 4.93. The van der Waals surface area contributed by atoms with E-state index in [1.165, 1.54) is 5.56 Å². The first-order chi connectivity index (χ1) is 9.60. The molecular formula is C16H16BrCl2N. The van der Waals surface area contributed by atoms with E-state index < -0.39 is 0 Å². The number of rotatable bonds is 5. The molecule has 2 aromatic carbocycles. The van der Waals surface area contributed by atoms with Gasteiger partial charge < -0.3 is 5.32 Å². The smallest absolute Gasteiger partial charge is 0.0454 e. The molecule has 0 aliphatic heterocycles. The highest BCUT2D eigenvalue weighted by molar-refractivity contribution is 9.10. The summed E-state index contributed by atoms with van der Waals surface area (Å²) in [4.78, 5) is 0. The first-order valence-electron chi connectivity index (χ1n) is 6.53. The molecule has 20 heavy (non-hydrogen) atoms. The van der Waals surface area contributed by atoms with Crippen LogP contribution < -0.4 is 5.32 Å². The van der Waals surface area contributed by atoms with E-state index in [-0.39, 0.29) is 6.04 Å². The number of likely N-dealkylation sites (N-methyl/N-ethyl adjacent to an activating group) is 1. The largest absolute Gasteiger partial charge is 0.310 e. The Morgan fingerprint density at radius 1 is 1.15 bits per heavy atom. The fourth-order valence-electron chi connectivity index (χ4n) is 2.22. The zero-order valence-electron chi connectivity index (χ0n) is 11.2. The average Bonchev–Trinajstić information content (AvgIpc) is 2.41. The van der Waals surface area contributed by atoms with Crippen molar-refractivity contribution in [3.8, 4) is 0 Å². The SMILES string of the molecule is CCNC(Cc1cccc(Br)c1)c1cc(Cl)ccc1Cl. The lowest BCUT2D eigenvalue weighted by Gasteiger charge is -2.20. The molecule has 0 spiro atoms. The van der Waals surface area contributed by atoms with Crippen molar-refractivity contribution < 1.29 is 0 Å². The molecule has 1 atom stereocenters. The predicted octanol–water partition coefficient (Wildman–Crippen LogP) is 5.65. The van der Waals surface area contributed by atoms with E-state index in [0.717, 1.165) is 28.0 Å². The molecule has 4 heteroatoms. The van der Waals surface area contributed by atoms with Crippen LogP contribution >= 0.6 is 39.1 Å². The fraction of sp³-hybridized carbons (Fsp3) is 0.250. The van der Waals surface area contributed by atoms with Gasteiger partial charge in [0, 0.05) is 20.6 Å². The van der Waals surface area contributed by atoms with Crippen LogP contribution in [0, 0.1) is 0 Å². The highest BCUT2D eigenvalue weighted by Gasteiger charge is 2.15. The van der Waals surface area contributed by atoms with Crippen molar-refractivity contribution in [2.75, 3.05) is 6.54 Å². The Morgan fingerprint density at radius 2 is 1.95 bits per heavy atom. The molecule has 0 radical (unpaired) electrons. The van der Waals surface area contributed by atoms with Crippen LogP contribution in [-0.2, 0) is 6.42 Å². The van der Waals surface area contributed by atoms with Gasteiger partial charge in [-0.3, -0.25) is 0 Å². The Hall–Kier alpha value is -0.540. The second kappa shape index (κ2) is 7.46. The third kappa shape index (κ3) is 4.23. The van der Waals surface area contributed by atoms with Crippen molar-refractivity contribution in [1.82, 2.24) is 5.32 Å². The molecule has 0 saturated carbocycles. The van der Waals surface area contributed by atoms with Gasteiger partial charge in [0.25, 0.3) is 0 Å². The highest BCUT2D eigenvalue weighted by atomic mass is 79.9. The highest BCUT2D eigenvalue weighted by Crippen LogP contribution is 2.29.